The first-order valence-corrected chi connectivity index (χ1v) is 8.47. The minimum Gasteiger partial charge on any atom is -0.481 e. The molecule has 20 heavy (non-hydrogen) atoms. The van der Waals surface area contributed by atoms with Gasteiger partial charge in [-0.2, -0.15) is 0 Å². The van der Waals surface area contributed by atoms with Crippen molar-refractivity contribution in [3.8, 4) is 0 Å². The van der Waals surface area contributed by atoms with Crippen LogP contribution in [0.25, 0.3) is 0 Å². The molecule has 1 atom stereocenters. The fraction of sp³-hybridized carbons (Fsp3) is 0.833. The molecule has 0 unspecified atom stereocenters. The molecule has 0 spiro atoms. The first-order valence-electron chi connectivity index (χ1n) is 8.47. The average molecular weight is 284 g/mol. The van der Waals surface area contributed by atoms with Crippen LogP contribution in [0.4, 0.5) is 0 Å². The van der Waals surface area contributed by atoms with Gasteiger partial charge < -0.3 is 5.11 Å². The van der Waals surface area contributed by atoms with E-state index < -0.39 is 5.97 Å². The molecule has 0 saturated carbocycles. The second kappa shape index (κ2) is 18.2. The Bertz CT molecular complexity index is 207. The van der Waals surface area contributed by atoms with Crippen molar-refractivity contribution in [1.82, 2.24) is 0 Å². The van der Waals surface area contributed by atoms with Gasteiger partial charge in [-0.25, -0.2) is 0 Å². The highest BCUT2D eigenvalue weighted by molar-refractivity contribution is 5.70. The van der Waals surface area contributed by atoms with Crippen LogP contribution in [-0.2, 0) is 4.79 Å². The van der Waals surface area contributed by atoms with E-state index in [1.54, 1.807) is 6.08 Å². The number of allylic oxidation sites excluding steroid dienone is 1. The number of hydrogen-bond donors (Lipinski definition) is 1. The third-order valence-electron chi connectivity index (χ3n) is 3.41. The van der Waals surface area contributed by atoms with Crippen molar-refractivity contribution < 1.29 is 9.90 Å². The van der Waals surface area contributed by atoms with Crippen LogP contribution in [-0.4, -0.2) is 11.1 Å². The Morgan fingerprint density at radius 1 is 0.950 bits per heavy atom. The lowest BCUT2D eigenvalue weighted by atomic mass is 9.98. The summed E-state index contributed by atoms with van der Waals surface area (Å²) in [7, 11) is 0. The monoisotopic (exact) mass is 284 g/mol. The molecule has 1 N–H and O–H groups in total. The quantitative estimate of drug-likeness (QED) is 0.341. The Morgan fingerprint density at radius 3 is 1.75 bits per heavy atom. The molecule has 0 aromatic rings. The molecule has 120 valence electrons. The van der Waals surface area contributed by atoms with Crippen LogP contribution in [0.3, 0.4) is 0 Å². The van der Waals surface area contributed by atoms with E-state index >= 15 is 0 Å². The normalized spacial score (nSPS) is 11.3. The molecule has 0 radical (unpaired) electrons. The third-order valence-corrected chi connectivity index (χ3v) is 3.41. The van der Waals surface area contributed by atoms with Gasteiger partial charge in [0.05, 0.1) is 5.92 Å². The fourth-order valence-electron chi connectivity index (χ4n) is 2.04. The van der Waals surface area contributed by atoms with E-state index in [0.717, 1.165) is 19.3 Å². The van der Waals surface area contributed by atoms with Crippen molar-refractivity contribution in [2.45, 2.75) is 91.4 Å². The molecule has 0 aromatic carbocycles. The number of carboxylic acids is 1. The zero-order chi connectivity index (χ0) is 15.6. The lowest BCUT2D eigenvalue weighted by molar-refractivity contribution is -0.141. The maximum Gasteiger partial charge on any atom is 0.306 e. The molecular weight excluding hydrogens is 248 g/mol. The maximum absolute atomic E-state index is 10.7. The highest BCUT2D eigenvalue weighted by Crippen LogP contribution is 2.14. The van der Waals surface area contributed by atoms with Crippen LogP contribution in [0.1, 0.15) is 91.4 Å². The molecular formula is C18H36O2. The number of hydrogen-bond acceptors (Lipinski definition) is 1. The van der Waals surface area contributed by atoms with Crippen molar-refractivity contribution in [3.05, 3.63) is 12.7 Å². The van der Waals surface area contributed by atoms with E-state index in [2.05, 4.69) is 27.4 Å². The molecule has 0 saturated heterocycles. The summed E-state index contributed by atoms with van der Waals surface area (Å²) in [4.78, 5) is 10.7. The lowest BCUT2D eigenvalue weighted by Crippen LogP contribution is -2.12. The summed E-state index contributed by atoms with van der Waals surface area (Å²) in [6.07, 6.45) is 14.7. The summed E-state index contributed by atoms with van der Waals surface area (Å²) in [5.74, 6) is -0.897. The molecule has 0 aliphatic carbocycles. The largest absolute Gasteiger partial charge is 0.481 e. The summed E-state index contributed by atoms with van der Waals surface area (Å²) in [6, 6.07) is 0. The van der Waals surface area contributed by atoms with E-state index in [1.165, 1.54) is 44.9 Å². The van der Waals surface area contributed by atoms with Crippen molar-refractivity contribution in [3.63, 3.8) is 0 Å². The van der Waals surface area contributed by atoms with Gasteiger partial charge in [-0.1, -0.05) is 84.6 Å². The minimum atomic E-state index is -0.684. The van der Waals surface area contributed by atoms with E-state index in [-0.39, 0.29) is 5.92 Å². The summed E-state index contributed by atoms with van der Waals surface area (Å²) < 4.78 is 0. The topological polar surface area (TPSA) is 37.3 Å². The summed E-state index contributed by atoms with van der Waals surface area (Å²) in [6.45, 7) is 10.2. The van der Waals surface area contributed by atoms with E-state index in [4.69, 9.17) is 5.11 Å². The molecule has 0 heterocycles. The Kier molecular flexibility index (Phi) is 19.6. The number of rotatable bonds is 12. The van der Waals surface area contributed by atoms with Gasteiger partial charge in [0, 0.05) is 0 Å². The number of aliphatic carboxylic acids is 1. The molecule has 2 nitrogen and oxygen atoms in total. The third kappa shape index (κ3) is 17.2. The van der Waals surface area contributed by atoms with Gasteiger partial charge in [-0.05, 0) is 12.8 Å². The average Bonchev–Trinajstić information content (AvgIpc) is 2.43. The Morgan fingerprint density at radius 2 is 1.40 bits per heavy atom. The minimum absolute atomic E-state index is 0.214. The molecule has 0 aromatic heterocycles. The van der Waals surface area contributed by atoms with Crippen LogP contribution < -0.4 is 0 Å². The predicted octanol–water partition coefficient (Wildman–Crippen LogP) is 6.21. The Labute approximate surface area is 126 Å². The molecule has 0 rings (SSSR count). The lowest BCUT2D eigenvalue weighted by Gasteiger charge is -2.08. The molecule has 0 amide bonds. The predicted molar refractivity (Wildman–Crippen MR) is 89.1 cm³/mol. The SMILES string of the molecule is C=CC[C@H](CCCCCC)C(=O)O.CCCCCCC. The van der Waals surface area contributed by atoms with Crippen LogP contribution in [0.5, 0.6) is 0 Å². The number of carbonyl (C=O) groups is 1. The standard InChI is InChI=1S/C11H20O2.C7H16/c1-3-5-6-7-9-10(8-4-2)11(12)13;1-3-5-7-6-4-2/h4,10H,2-3,5-9H2,1H3,(H,12,13);3-7H2,1-2H3/t10-;/m1./s1. The maximum atomic E-state index is 10.7. The summed E-state index contributed by atoms with van der Waals surface area (Å²) >= 11 is 0. The molecule has 0 fully saturated rings. The zero-order valence-electron chi connectivity index (χ0n) is 14.0. The van der Waals surface area contributed by atoms with Crippen LogP contribution in [0.15, 0.2) is 12.7 Å². The van der Waals surface area contributed by atoms with Gasteiger partial charge >= 0.3 is 5.97 Å². The van der Waals surface area contributed by atoms with Gasteiger partial charge in [0.15, 0.2) is 0 Å². The molecule has 0 aliphatic heterocycles. The van der Waals surface area contributed by atoms with Gasteiger partial charge in [0.1, 0.15) is 0 Å². The Balaban J connectivity index is 0. The van der Waals surface area contributed by atoms with Crippen LogP contribution >= 0.6 is 0 Å². The van der Waals surface area contributed by atoms with Gasteiger partial charge in [-0.15, -0.1) is 6.58 Å². The van der Waals surface area contributed by atoms with Crippen molar-refractivity contribution in [2.24, 2.45) is 5.92 Å². The highest BCUT2D eigenvalue weighted by atomic mass is 16.4. The number of unbranched alkanes of at least 4 members (excludes halogenated alkanes) is 7. The van der Waals surface area contributed by atoms with Crippen molar-refractivity contribution in [1.29, 1.82) is 0 Å². The van der Waals surface area contributed by atoms with Gasteiger partial charge in [0.2, 0.25) is 0 Å². The molecule has 0 aliphatic rings. The van der Waals surface area contributed by atoms with Crippen molar-refractivity contribution >= 4 is 5.97 Å². The fourth-order valence-corrected chi connectivity index (χ4v) is 2.04. The highest BCUT2D eigenvalue weighted by Gasteiger charge is 2.14. The number of carboxylic acid groups (broad SMARTS) is 1. The first kappa shape index (κ1) is 21.5. The second-order valence-corrected chi connectivity index (χ2v) is 5.47. The zero-order valence-corrected chi connectivity index (χ0v) is 14.0. The summed E-state index contributed by atoms with van der Waals surface area (Å²) in [5.41, 5.74) is 0. The molecule has 0 bridgehead atoms. The van der Waals surface area contributed by atoms with Crippen LogP contribution in [0, 0.1) is 5.92 Å². The van der Waals surface area contributed by atoms with Gasteiger partial charge in [0.25, 0.3) is 0 Å². The summed E-state index contributed by atoms with van der Waals surface area (Å²) in [5, 5.41) is 8.81. The van der Waals surface area contributed by atoms with E-state index in [9.17, 15) is 4.79 Å². The first-order chi connectivity index (χ1) is 9.63. The van der Waals surface area contributed by atoms with Gasteiger partial charge in [-0.3, -0.25) is 4.79 Å². The van der Waals surface area contributed by atoms with E-state index in [1.807, 2.05) is 0 Å². The van der Waals surface area contributed by atoms with Crippen molar-refractivity contribution in [2.75, 3.05) is 0 Å². The van der Waals surface area contributed by atoms with E-state index in [0.29, 0.717) is 6.42 Å². The Hall–Kier alpha value is -0.790. The smallest absolute Gasteiger partial charge is 0.306 e. The van der Waals surface area contributed by atoms with Crippen LogP contribution in [0.2, 0.25) is 0 Å². The second-order valence-electron chi connectivity index (χ2n) is 5.47. The molecule has 2 heteroatoms.